The molecule has 0 fully saturated rings. The number of carbonyl (C=O) groups excluding carboxylic acids is 1. The number of benzene rings is 1. The highest BCUT2D eigenvalue weighted by atomic mass is 32.2. The van der Waals surface area contributed by atoms with Gasteiger partial charge in [-0.25, -0.2) is 0 Å². The average Bonchev–Trinajstić information content (AvgIpc) is 2.90. The van der Waals surface area contributed by atoms with E-state index < -0.39 is 10.8 Å². The normalized spacial score (nSPS) is 10.2. The third kappa shape index (κ3) is 2.91. The first-order valence-electron chi connectivity index (χ1n) is 5.24. The maximum absolute atomic E-state index is 11.9. The number of thioether (sulfide) groups is 1. The monoisotopic (exact) mass is 278 g/mol. The molecule has 7 nitrogen and oxygen atoms in total. The molecule has 0 radical (unpaired) electrons. The fourth-order valence-corrected chi connectivity index (χ4v) is 2.04. The maximum atomic E-state index is 11.9. The van der Waals surface area contributed by atoms with E-state index in [9.17, 15) is 14.9 Å². The Hall–Kier alpha value is -2.35. The fourth-order valence-electron chi connectivity index (χ4n) is 1.50. The SMILES string of the molecule is CSc1ccc(C(=O)Nc2cn[nH]c2)cc1[N+](=O)[O-]. The first-order chi connectivity index (χ1) is 9.11. The lowest BCUT2D eigenvalue weighted by molar-refractivity contribution is -0.387. The molecule has 0 unspecified atom stereocenters. The van der Waals surface area contributed by atoms with Crippen LogP contribution in [0.5, 0.6) is 0 Å². The van der Waals surface area contributed by atoms with E-state index >= 15 is 0 Å². The highest BCUT2D eigenvalue weighted by molar-refractivity contribution is 7.98. The number of H-pyrrole nitrogens is 1. The van der Waals surface area contributed by atoms with E-state index in [-0.39, 0.29) is 11.3 Å². The number of hydrogen-bond acceptors (Lipinski definition) is 5. The molecule has 1 aromatic carbocycles. The molecule has 0 spiro atoms. The molecule has 0 aliphatic heterocycles. The van der Waals surface area contributed by atoms with Gasteiger partial charge in [0.25, 0.3) is 11.6 Å². The second kappa shape index (κ2) is 5.53. The lowest BCUT2D eigenvalue weighted by Crippen LogP contribution is -2.11. The standard InChI is InChI=1S/C11H10N4O3S/c1-19-10-3-2-7(4-9(10)15(17)18)11(16)14-8-5-12-13-6-8/h2-6H,1H3,(H,12,13)(H,14,16). The lowest BCUT2D eigenvalue weighted by Gasteiger charge is -2.04. The first kappa shape index (κ1) is 13.1. The van der Waals surface area contributed by atoms with Crippen molar-refractivity contribution in [1.82, 2.24) is 10.2 Å². The quantitative estimate of drug-likeness (QED) is 0.507. The van der Waals surface area contributed by atoms with Crippen molar-refractivity contribution in [1.29, 1.82) is 0 Å². The number of carbonyl (C=O) groups is 1. The second-order valence-corrected chi connectivity index (χ2v) is 4.43. The van der Waals surface area contributed by atoms with Crippen LogP contribution >= 0.6 is 11.8 Å². The summed E-state index contributed by atoms with van der Waals surface area (Å²) < 4.78 is 0. The number of nitro benzene ring substituents is 1. The van der Waals surface area contributed by atoms with Gasteiger partial charge >= 0.3 is 0 Å². The fraction of sp³-hybridized carbons (Fsp3) is 0.0909. The van der Waals surface area contributed by atoms with Gasteiger partial charge in [0.05, 0.1) is 21.7 Å². The molecule has 2 N–H and O–H groups in total. The van der Waals surface area contributed by atoms with Gasteiger partial charge in [-0.15, -0.1) is 11.8 Å². The lowest BCUT2D eigenvalue weighted by atomic mass is 10.2. The Balaban J connectivity index is 2.27. The van der Waals surface area contributed by atoms with E-state index in [1.165, 1.54) is 30.2 Å². The average molecular weight is 278 g/mol. The maximum Gasteiger partial charge on any atom is 0.283 e. The summed E-state index contributed by atoms with van der Waals surface area (Å²) in [5.74, 6) is -0.419. The van der Waals surface area contributed by atoms with Crippen molar-refractivity contribution in [3.05, 3.63) is 46.3 Å². The van der Waals surface area contributed by atoms with E-state index in [1.807, 2.05) is 0 Å². The van der Waals surface area contributed by atoms with Crippen LogP contribution in [0.1, 0.15) is 10.4 Å². The predicted molar refractivity (Wildman–Crippen MR) is 71.4 cm³/mol. The van der Waals surface area contributed by atoms with E-state index in [4.69, 9.17) is 0 Å². The van der Waals surface area contributed by atoms with Crippen LogP contribution in [0, 0.1) is 10.1 Å². The van der Waals surface area contributed by atoms with Crippen molar-refractivity contribution in [2.45, 2.75) is 4.90 Å². The number of amides is 1. The molecule has 2 aromatic rings. The van der Waals surface area contributed by atoms with Crippen LogP contribution in [0.25, 0.3) is 0 Å². The molecule has 0 aliphatic rings. The van der Waals surface area contributed by atoms with Gasteiger partial charge < -0.3 is 5.32 Å². The summed E-state index contributed by atoms with van der Waals surface area (Å²) in [4.78, 5) is 22.8. The number of aromatic amines is 1. The molecule has 8 heteroatoms. The number of nitrogens with one attached hydrogen (secondary N) is 2. The van der Waals surface area contributed by atoms with Gasteiger partial charge in [-0.05, 0) is 18.4 Å². The molecule has 0 aliphatic carbocycles. The molecule has 98 valence electrons. The van der Waals surface area contributed by atoms with Crippen molar-refractivity contribution < 1.29 is 9.72 Å². The summed E-state index contributed by atoms with van der Waals surface area (Å²) in [6, 6.07) is 4.38. The van der Waals surface area contributed by atoms with Crippen LogP contribution in [0.3, 0.4) is 0 Å². The van der Waals surface area contributed by atoms with Crippen LogP contribution in [0.15, 0.2) is 35.5 Å². The van der Waals surface area contributed by atoms with Crippen LogP contribution in [0.2, 0.25) is 0 Å². The minimum Gasteiger partial charge on any atom is -0.319 e. The summed E-state index contributed by atoms with van der Waals surface area (Å²) in [5.41, 5.74) is 0.652. The van der Waals surface area contributed by atoms with Gasteiger partial charge in [-0.3, -0.25) is 20.0 Å². The minimum atomic E-state index is -0.500. The summed E-state index contributed by atoms with van der Waals surface area (Å²) in [7, 11) is 0. The van der Waals surface area contributed by atoms with Crippen molar-refractivity contribution in [2.24, 2.45) is 0 Å². The van der Waals surface area contributed by atoms with Gasteiger partial charge in [0.1, 0.15) is 0 Å². The number of aromatic nitrogens is 2. The van der Waals surface area contributed by atoms with E-state index in [2.05, 4.69) is 15.5 Å². The minimum absolute atomic E-state index is 0.0765. The Morgan fingerprint density at radius 1 is 1.53 bits per heavy atom. The third-order valence-corrected chi connectivity index (χ3v) is 3.18. The number of anilines is 1. The number of nitrogens with zero attached hydrogens (tertiary/aromatic N) is 2. The molecular weight excluding hydrogens is 268 g/mol. The number of hydrogen-bond donors (Lipinski definition) is 2. The molecule has 0 saturated heterocycles. The Bertz CT molecular complexity index is 612. The van der Waals surface area contributed by atoms with Gasteiger partial charge in [0.15, 0.2) is 0 Å². The van der Waals surface area contributed by atoms with Crippen molar-refractivity contribution in [2.75, 3.05) is 11.6 Å². The largest absolute Gasteiger partial charge is 0.319 e. The van der Waals surface area contributed by atoms with Crippen molar-refractivity contribution in [3.63, 3.8) is 0 Å². The van der Waals surface area contributed by atoms with Gasteiger partial charge in [0.2, 0.25) is 0 Å². The molecular formula is C11H10N4O3S. The van der Waals surface area contributed by atoms with Gasteiger partial charge in [-0.1, -0.05) is 0 Å². The Morgan fingerprint density at radius 2 is 2.32 bits per heavy atom. The van der Waals surface area contributed by atoms with E-state index in [1.54, 1.807) is 18.4 Å². The molecule has 2 rings (SSSR count). The van der Waals surface area contributed by atoms with Crippen LogP contribution < -0.4 is 5.32 Å². The molecule has 0 bridgehead atoms. The molecule has 1 heterocycles. The van der Waals surface area contributed by atoms with Gasteiger partial charge in [0, 0.05) is 17.8 Å². The highest BCUT2D eigenvalue weighted by Gasteiger charge is 2.17. The zero-order chi connectivity index (χ0) is 13.8. The molecule has 0 saturated carbocycles. The van der Waals surface area contributed by atoms with Crippen LogP contribution in [0.4, 0.5) is 11.4 Å². The Kier molecular flexibility index (Phi) is 3.81. The zero-order valence-electron chi connectivity index (χ0n) is 9.91. The number of nitro groups is 1. The van der Waals surface area contributed by atoms with Crippen molar-refractivity contribution >= 4 is 29.0 Å². The Labute approximate surface area is 112 Å². The Morgan fingerprint density at radius 3 is 2.89 bits per heavy atom. The molecule has 19 heavy (non-hydrogen) atoms. The van der Waals surface area contributed by atoms with Crippen LogP contribution in [-0.2, 0) is 0 Å². The number of rotatable bonds is 4. The molecule has 1 amide bonds. The molecule has 0 atom stereocenters. The summed E-state index contributed by atoms with van der Waals surface area (Å²) in [5, 5.41) is 19.7. The smallest absolute Gasteiger partial charge is 0.283 e. The van der Waals surface area contributed by atoms with E-state index in [0.29, 0.717) is 10.6 Å². The molecule has 1 aromatic heterocycles. The van der Waals surface area contributed by atoms with E-state index in [0.717, 1.165) is 0 Å². The predicted octanol–water partition coefficient (Wildman–Crippen LogP) is 2.29. The zero-order valence-corrected chi connectivity index (χ0v) is 10.7. The van der Waals surface area contributed by atoms with Gasteiger partial charge in [-0.2, -0.15) is 5.10 Å². The summed E-state index contributed by atoms with van der Waals surface area (Å²) >= 11 is 1.26. The second-order valence-electron chi connectivity index (χ2n) is 3.58. The van der Waals surface area contributed by atoms with Crippen LogP contribution in [-0.4, -0.2) is 27.3 Å². The third-order valence-electron chi connectivity index (χ3n) is 2.39. The topological polar surface area (TPSA) is 101 Å². The summed E-state index contributed by atoms with van der Waals surface area (Å²) in [6.45, 7) is 0. The van der Waals surface area contributed by atoms with Crippen molar-refractivity contribution in [3.8, 4) is 0 Å². The summed E-state index contributed by atoms with van der Waals surface area (Å²) in [6.07, 6.45) is 4.71. The first-order valence-corrected chi connectivity index (χ1v) is 6.47. The highest BCUT2D eigenvalue weighted by Crippen LogP contribution is 2.28.